The number of benzene rings is 4. The summed E-state index contributed by atoms with van der Waals surface area (Å²) >= 11 is 0. The van der Waals surface area contributed by atoms with E-state index in [1.165, 1.54) is 0 Å². The normalized spacial score (nSPS) is 11.5. The lowest BCUT2D eigenvalue weighted by molar-refractivity contribution is -0.0766. The lowest BCUT2D eigenvalue weighted by atomic mass is 9.85. The Morgan fingerprint density at radius 3 is 1.00 bits per heavy atom. The molecule has 4 aromatic carbocycles. The number of hydrogen-bond acceptors (Lipinski definition) is 4. The standard InChI is InChI=1S/C33H30N2O4/c1-31(2,25-38-32(23-34-36,27-15-7-3-8-16-27)28-17-9-4-10-18-28)26-39-33(24-35-37,29-19-11-5-12-20-29)30-21-13-6-14-22-30/h3-22H,25-26H2,1-2H3. The molecule has 0 saturated heterocycles. The molecule has 0 aliphatic heterocycles. The first-order valence-electron chi connectivity index (χ1n) is 12.6. The first-order valence-corrected chi connectivity index (χ1v) is 12.6. The maximum atomic E-state index is 11.6. The molecule has 0 bridgehead atoms. The first-order chi connectivity index (χ1) is 19.0. The predicted molar refractivity (Wildman–Crippen MR) is 154 cm³/mol. The molecule has 0 heterocycles. The predicted octanol–water partition coefficient (Wildman–Crippen LogP) is 7.59. The van der Waals surface area contributed by atoms with Crippen LogP contribution in [-0.4, -0.2) is 13.2 Å². The third-order valence-corrected chi connectivity index (χ3v) is 6.49. The van der Waals surface area contributed by atoms with Crippen molar-refractivity contribution in [3.05, 3.63) is 164 Å². The summed E-state index contributed by atoms with van der Waals surface area (Å²) in [6.07, 6.45) is 0. The van der Waals surface area contributed by atoms with Gasteiger partial charge in [-0.05, 0) is 0 Å². The number of nitrogens with zero attached hydrogens (tertiary/aromatic N) is 2. The van der Waals surface area contributed by atoms with E-state index in [9.17, 15) is 10.4 Å². The number of hydrogen-bond donors (Lipinski definition) is 0. The van der Waals surface area contributed by atoms with Gasteiger partial charge in [-0.25, -0.2) is 0 Å². The molecule has 0 aliphatic rings. The van der Waals surface area contributed by atoms with Crippen LogP contribution in [0.25, 0.3) is 10.0 Å². The fourth-order valence-corrected chi connectivity index (χ4v) is 4.46. The minimum Gasteiger partial charge on any atom is -0.498 e. The molecule has 0 radical (unpaired) electrons. The van der Waals surface area contributed by atoms with Crippen LogP contribution in [0.2, 0.25) is 0 Å². The third kappa shape index (κ3) is 6.10. The molecule has 0 fully saturated rings. The van der Waals surface area contributed by atoms with Gasteiger partial charge in [0.25, 0.3) is 11.2 Å². The van der Waals surface area contributed by atoms with Gasteiger partial charge < -0.3 is 19.9 Å². The summed E-state index contributed by atoms with van der Waals surface area (Å²) in [5.74, 6) is 0. The van der Waals surface area contributed by atoms with Crippen molar-refractivity contribution >= 4 is 0 Å². The molecule has 0 N–H and O–H groups in total. The molecule has 196 valence electrons. The zero-order valence-corrected chi connectivity index (χ0v) is 22.0. The molecule has 0 atom stereocenters. The van der Waals surface area contributed by atoms with Crippen LogP contribution >= 0.6 is 0 Å². The zero-order valence-electron chi connectivity index (χ0n) is 22.0. The fourth-order valence-electron chi connectivity index (χ4n) is 4.46. The van der Waals surface area contributed by atoms with Gasteiger partial charge in [0.1, 0.15) is 0 Å². The summed E-state index contributed by atoms with van der Waals surface area (Å²) in [5, 5.41) is 29.3. The van der Waals surface area contributed by atoms with Crippen molar-refractivity contribution in [2.24, 2.45) is 5.41 Å². The smallest absolute Gasteiger partial charge is 0.344 e. The van der Waals surface area contributed by atoms with Crippen LogP contribution in [0.4, 0.5) is 0 Å². The molecular formula is C33H30N2O4. The topological polar surface area (TPSA) is 73.3 Å². The minimum absolute atomic E-state index is 0.174. The minimum atomic E-state index is -1.32. The van der Waals surface area contributed by atoms with Crippen molar-refractivity contribution in [1.82, 2.24) is 0 Å². The van der Waals surface area contributed by atoms with Gasteiger partial charge in [0, 0.05) is 37.7 Å². The van der Waals surface area contributed by atoms with E-state index < -0.39 is 16.6 Å². The van der Waals surface area contributed by atoms with E-state index in [2.05, 4.69) is 22.2 Å². The zero-order chi connectivity index (χ0) is 27.6. The summed E-state index contributed by atoms with van der Waals surface area (Å²) in [5.41, 5.74) is -0.326. The van der Waals surface area contributed by atoms with E-state index in [4.69, 9.17) is 9.47 Å². The lowest BCUT2D eigenvalue weighted by Crippen LogP contribution is -2.39. The summed E-state index contributed by atoms with van der Waals surface area (Å²) in [7, 11) is 0. The molecule has 0 unspecified atom stereocenters. The average molecular weight is 519 g/mol. The second kappa shape index (κ2) is 12.3. The van der Waals surface area contributed by atoms with Gasteiger partial charge >= 0.3 is 12.1 Å². The molecule has 0 spiro atoms. The van der Waals surface area contributed by atoms with Gasteiger partial charge in [-0.2, -0.15) is 0 Å². The lowest BCUT2D eigenvalue weighted by Gasteiger charge is -2.34. The Labute approximate surface area is 229 Å². The maximum Gasteiger partial charge on any atom is 0.344 e. The molecule has 0 saturated carbocycles. The van der Waals surface area contributed by atoms with Crippen molar-refractivity contribution in [3.8, 4) is 12.1 Å². The van der Waals surface area contributed by atoms with E-state index in [0.29, 0.717) is 0 Å². The summed E-state index contributed by atoms with van der Waals surface area (Å²) in [6.45, 7) is 4.31. The first kappa shape index (κ1) is 27.4. The molecule has 6 heteroatoms. The van der Waals surface area contributed by atoms with Crippen molar-refractivity contribution in [2.45, 2.75) is 25.0 Å². The highest BCUT2D eigenvalue weighted by Gasteiger charge is 2.44. The van der Waals surface area contributed by atoms with Crippen LogP contribution < -0.4 is 0 Å². The second-order valence-electron chi connectivity index (χ2n) is 9.97. The van der Waals surface area contributed by atoms with Gasteiger partial charge in [-0.3, -0.25) is 0 Å². The van der Waals surface area contributed by atoms with Crippen LogP contribution in [0.1, 0.15) is 36.1 Å². The second-order valence-corrected chi connectivity index (χ2v) is 9.97. The molecule has 4 rings (SSSR count). The molecule has 0 aromatic heterocycles. The van der Waals surface area contributed by atoms with Crippen molar-refractivity contribution in [3.63, 3.8) is 0 Å². The summed E-state index contributed by atoms with van der Waals surface area (Å²) in [6, 6.07) is 43.0. The highest BCUT2D eigenvalue weighted by atomic mass is 16.5. The molecule has 6 nitrogen and oxygen atoms in total. The Kier molecular flexibility index (Phi) is 8.63. The Hall–Kier alpha value is -4.62. The Morgan fingerprint density at radius 1 is 0.513 bits per heavy atom. The highest BCUT2D eigenvalue weighted by molar-refractivity contribution is 5.45. The van der Waals surface area contributed by atoms with Gasteiger partial charge in [0.2, 0.25) is 0 Å². The van der Waals surface area contributed by atoms with Gasteiger partial charge in [0.15, 0.2) is 0 Å². The fraction of sp³-hybridized carbons (Fsp3) is 0.212. The largest absolute Gasteiger partial charge is 0.498 e. The van der Waals surface area contributed by atoms with Crippen LogP contribution in [-0.2, 0) is 20.7 Å². The van der Waals surface area contributed by atoms with E-state index >= 15 is 0 Å². The van der Waals surface area contributed by atoms with Crippen molar-refractivity contribution in [2.75, 3.05) is 13.2 Å². The van der Waals surface area contributed by atoms with Gasteiger partial charge in [0.05, 0.1) is 13.2 Å². The van der Waals surface area contributed by atoms with Gasteiger partial charge in [-0.1, -0.05) is 135 Å². The van der Waals surface area contributed by atoms with Gasteiger partial charge in [-0.15, -0.1) is 0 Å². The molecule has 0 amide bonds. The summed E-state index contributed by atoms with van der Waals surface area (Å²) in [4.78, 5) is 0. The van der Waals surface area contributed by atoms with Crippen LogP contribution in [0.3, 0.4) is 0 Å². The highest BCUT2D eigenvalue weighted by Crippen LogP contribution is 2.38. The number of rotatable bonds is 10. The SMILES string of the molecule is CC(C)(COC(C#[N+][O-])(c1ccccc1)c1ccccc1)COC(C#[N+][O-])(c1ccccc1)c1ccccc1. The van der Waals surface area contributed by atoms with Crippen LogP contribution in [0, 0.1) is 28.0 Å². The van der Waals surface area contributed by atoms with E-state index in [1.54, 1.807) is 0 Å². The Morgan fingerprint density at radius 2 is 0.769 bits per heavy atom. The molecular weight excluding hydrogens is 488 g/mol. The third-order valence-electron chi connectivity index (χ3n) is 6.49. The van der Waals surface area contributed by atoms with Crippen molar-refractivity contribution < 1.29 is 9.47 Å². The number of ether oxygens (including phenoxy) is 2. The van der Waals surface area contributed by atoms with Crippen LogP contribution in [0.5, 0.6) is 0 Å². The van der Waals surface area contributed by atoms with Crippen LogP contribution in [0.15, 0.2) is 121 Å². The monoisotopic (exact) mass is 518 g/mol. The van der Waals surface area contributed by atoms with Crippen molar-refractivity contribution in [1.29, 1.82) is 0 Å². The van der Waals surface area contributed by atoms with E-state index in [-0.39, 0.29) is 13.2 Å². The quantitative estimate of drug-likeness (QED) is 0.203. The molecule has 4 aromatic rings. The average Bonchev–Trinajstić information content (AvgIpc) is 2.99. The van der Waals surface area contributed by atoms with E-state index in [0.717, 1.165) is 22.3 Å². The van der Waals surface area contributed by atoms with E-state index in [1.807, 2.05) is 135 Å². The molecule has 0 aliphatic carbocycles. The Bertz CT molecular complexity index is 1260. The maximum absolute atomic E-state index is 11.6. The summed E-state index contributed by atoms with van der Waals surface area (Å²) < 4.78 is 13.1. The molecule has 39 heavy (non-hydrogen) atoms. The Balaban J connectivity index is 1.67.